The molecule has 0 aromatic heterocycles. The second-order valence-electron chi connectivity index (χ2n) is 13.4. The van der Waals surface area contributed by atoms with Gasteiger partial charge in [-0.1, -0.05) is 67.5 Å². The second-order valence-corrected chi connectivity index (χ2v) is 22.9. The van der Waals surface area contributed by atoms with Crippen LogP contribution in [0.5, 0.6) is 5.75 Å². The smallest absolute Gasteiger partial charge is 0.192 e. The molecule has 0 spiro atoms. The Morgan fingerprint density at radius 2 is 1.49 bits per heavy atom. The van der Waals surface area contributed by atoms with E-state index in [-0.39, 0.29) is 40.4 Å². The zero-order chi connectivity index (χ0) is 26.8. The van der Waals surface area contributed by atoms with Gasteiger partial charge in [0.1, 0.15) is 5.75 Å². The van der Waals surface area contributed by atoms with Gasteiger partial charge in [0.15, 0.2) is 22.9 Å². The summed E-state index contributed by atoms with van der Waals surface area (Å²) in [5.41, 5.74) is 1.01. The lowest BCUT2D eigenvalue weighted by Gasteiger charge is -2.46. The van der Waals surface area contributed by atoms with Gasteiger partial charge in [-0.2, -0.15) is 0 Å². The highest BCUT2D eigenvalue weighted by atomic mass is 28.4. The number of benzene rings is 1. The highest BCUT2D eigenvalue weighted by Gasteiger charge is 2.45. The van der Waals surface area contributed by atoms with Crippen LogP contribution in [-0.4, -0.2) is 49.2 Å². The standard InChI is InChI=1S/C28H52O5Si2/c1-20-18-30-26(22-14-16-23(29-9)17-15-22)32-25(20)21(2)24(33-35(12,13)28(6,7)8)19-31-34(10,11)27(3,4)5/h14-17,20-21,24-26H,18-19H2,1-13H3/t20-,21-,24+,25-,26?/m0/s1. The van der Waals surface area contributed by atoms with E-state index in [4.69, 9.17) is 23.1 Å². The molecule has 1 saturated heterocycles. The fraction of sp³-hybridized carbons (Fsp3) is 0.786. The largest absolute Gasteiger partial charge is 0.497 e. The van der Waals surface area contributed by atoms with Crippen LogP contribution in [0.15, 0.2) is 24.3 Å². The van der Waals surface area contributed by atoms with Crippen LogP contribution in [0.25, 0.3) is 0 Å². The first-order valence-corrected chi connectivity index (χ1v) is 18.9. The number of methoxy groups -OCH3 is 1. The van der Waals surface area contributed by atoms with Crippen molar-refractivity contribution in [3.63, 3.8) is 0 Å². The highest BCUT2D eigenvalue weighted by molar-refractivity contribution is 6.74. The van der Waals surface area contributed by atoms with Crippen molar-refractivity contribution in [2.75, 3.05) is 20.3 Å². The number of rotatable bonds is 9. The van der Waals surface area contributed by atoms with E-state index in [2.05, 4.69) is 81.6 Å². The van der Waals surface area contributed by atoms with Crippen LogP contribution in [0.1, 0.15) is 67.2 Å². The van der Waals surface area contributed by atoms with Crippen molar-refractivity contribution in [2.45, 2.75) is 110 Å². The lowest BCUT2D eigenvalue weighted by atomic mass is 9.89. The molecular weight excluding hydrogens is 472 g/mol. The zero-order valence-electron chi connectivity index (χ0n) is 24.7. The van der Waals surface area contributed by atoms with E-state index >= 15 is 0 Å². The molecule has 5 atom stereocenters. The maximum absolute atomic E-state index is 7.04. The molecule has 0 bridgehead atoms. The molecule has 1 unspecified atom stereocenters. The van der Waals surface area contributed by atoms with Gasteiger partial charge in [0.2, 0.25) is 0 Å². The molecule has 202 valence electrons. The lowest BCUT2D eigenvalue weighted by molar-refractivity contribution is -0.256. The lowest BCUT2D eigenvalue weighted by Crippen LogP contribution is -2.53. The fourth-order valence-electron chi connectivity index (χ4n) is 3.79. The maximum Gasteiger partial charge on any atom is 0.192 e. The first kappa shape index (κ1) is 30.5. The molecule has 1 aliphatic rings. The highest BCUT2D eigenvalue weighted by Crippen LogP contribution is 2.42. The van der Waals surface area contributed by atoms with Crippen LogP contribution >= 0.6 is 0 Å². The molecule has 1 fully saturated rings. The van der Waals surface area contributed by atoms with Crippen molar-refractivity contribution < 1.29 is 23.1 Å². The van der Waals surface area contributed by atoms with Crippen LogP contribution in [-0.2, 0) is 18.3 Å². The van der Waals surface area contributed by atoms with E-state index in [1.807, 2.05) is 24.3 Å². The molecule has 0 radical (unpaired) electrons. The summed E-state index contributed by atoms with van der Waals surface area (Å²) < 4.78 is 31.8. The van der Waals surface area contributed by atoms with Crippen LogP contribution < -0.4 is 4.74 Å². The van der Waals surface area contributed by atoms with Gasteiger partial charge in [-0.05, 0) is 48.4 Å². The maximum atomic E-state index is 7.04. The molecule has 2 rings (SSSR count). The first-order valence-electron chi connectivity index (χ1n) is 13.1. The Kier molecular flexibility index (Phi) is 9.90. The molecule has 35 heavy (non-hydrogen) atoms. The van der Waals surface area contributed by atoms with Gasteiger partial charge in [0.05, 0.1) is 32.5 Å². The number of hydrogen-bond donors (Lipinski definition) is 0. The molecule has 1 aliphatic heterocycles. The molecule has 0 amide bonds. The fourth-order valence-corrected chi connectivity index (χ4v) is 6.20. The average Bonchev–Trinajstić information content (AvgIpc) is 2.75. The van der Waals surface area contributed by atoms with E-state index < -0.39 is 16.6 Å². The summed E-state index contributed by atoms with van der Waals surface area (Å²) in [6.45, 7) is 28.8. The predicted molar refractivity (Wildman–Crippen MR) is 150 cm³/mol. The van der Waals surface area contributed by atoms with Crippen LogP contribution in [0.2, 0.25) is 36.3 Å². The first-order chi connectivity index (χ1) is 15.9. The predicted octanol–water partition coefficient (Wildman–Crippen LogP) is 7.79. The molecule has 1 aromatic rings. The van der Waals surface area contributed by atoms with Gasteiger partial charge in [-0.3, -0.25) is 0 Å². The summed E-state index contributed by atoms with van der Waals surface area (Å²) in [7, 11) is -2.26. The van der Waals surface area contributed by atoms with Crippen molar-refractivity contribution >= 4 is 16.6 Å². The Hall–Kier alpha value is -0.706. The molecular formula is C28H52O5Si2. The normalized spacial score (nSPS) is 24.2. The van der Waals surface area contributed by atoms with E-state index in [0.29, 0.717) is 13.2 Å². The molecule has 1 aromatic carbocycles. The van der Waals surface area contributed by atoms with Gasteiger partial charge in [0, 0.05) is 17.4 Å². The number of hydrogen-bond acceptors (Lipinski definition) is 5. The Labute approximate surface area is 217 Å². The summed E-state index contributed by atoms with van der Waals surface area (Å²) in [5, 5.41) is 0.273. The summed E-state index contributed by atoms with van der Waals surface area (Å²) in [5.74, 6) is 1.25. The zero-order valence-corrected chi connectivity index (χ0v) is 26.7. The summed E-state index contributed by atoms with van der Waals surface area (Å²) in [6.07, 6.45) is -0.417. The molecule has 0 saturated carbocycles. The minimum Gasteiger partial charge on any atom is -0.497 e. The molecule has 7 heteroatoms. The third-order valence-electron chi connectivity index (χ3n) is 8.51. The summed E-state index contributed by atoms with van der Waals surface area (Å²) in [4.78, 5) is 0. The van der Waals surface area contributed by atoms with Crippen molar-refractivity contribution in [3.8, 4) is 5.75 Å². The minimum atomic E-state index is -2.02. The van der Waals surface area contributed by atoms with Crippen LogP contribution in [0, 0.1) is 11.8 Å². The Bertz CT molecular complexity index is 795. The Morgan fingerprint density at radius 3 is 1.97 bits per heavy atom. The van der Waals surface area contributed by atoms with Gasteiger partial charge in [-0.15, -0.1) is 0 Å². The van der Waals surface area contributed by atoms with E-state index in [1.165, 1.54) is 0 Å². The van der Waals surface area contributed by atoms with Crippen LogP contribution in [0.3, 0.4) is 0 Å². The van der Waals surface area contributed by atoms with Gasteiger partial charge in [0.25, 0.3) is 0 Å². The van der Waals surface area contributed by atoms with Crippen molar-refractivity contribution in [3.05, 3.63) is 29.8 Å². The van der Waals surface area contributed by atoms with E-state index in [0.717, 1.165) is 11.3 Å². The monoisotopic (exact) mass is 524 g/mol. The third-order valence-corrected chi connectivity index (χ3v) is 17.5. The Morgan fingerprint density at radius 1 is 0.943 bits per heavy atom. The van der Waals surface area contributed by atoms with E-state index in [1.54, 1.807) is 7.11 Å². The molecule has 0 aliphatic carbocycles. The van der Waals surface area contributed by atoms with Crippen molar-refractivity contribution in [1.29, 1.82) is 0 Å². The summed E-state index contributed by atoms with van der Waals surface area (Å²) in [6, 6.07) is 7.95. The average molecular weight is 525 g/mol. The SMILES string of the molecule is COc1ccc(C2OC[C@H](C)[C@@H]([C@@H](C)[C@@H](CO[Si](C)(C)C(C)(C)C)O[Si](C)(C)C(C)(C)C)O2)cc1. The summed E-state index contributed by atoms with van der Waals surface area (Å²) >= 11 is 0. The van der Waals surface area contributed by atoms with Crippen molar-refractivity contribution in [1.82, 2.24) is 0 Å². The van der Waals surface area contributed by atoms with Gasteiger partial charge >= 0.3 is 0 Å². The third kappa shape index (κ3) is 7.65. The van der Waals surface area contributed by atoms with Gasteiger partial charge in [-0.25, -0.2) is 0 Å². The second kappa shape index (κ2) is 11.4. The Balaban J connectivity index is 2.28. The number of ether oxygens (including phenoxy) is 3. The molecule has 5 nitrogen and oxygen atoms in total. The molecule has 1 heterocycles. The van der Waals surface area contributed by atoms with E-state index in [9.17, 15) is 0 Å². The minimum absolute atomic E-state index is 0.00800. The van der Waals surface area contributed by atoms with Crippen LogP contribution in [0.4, 0.5) is 0 Å². The van der Waals surface area contributed by atoms with Crippen molar-refractivity contribution in [2.24, 2.45) is 11.8 Å². The van der Waals surface area contributed by atoms with Gasteiger partial charge < -0.3 is 23.1 Å². The molecule has 0 N–H and O–H groups in total. The topological polar surface area (TPSA) is 46.2 Å². The quantitative estimate of drug-likeness (QED) is 0.308.